The Bertz CT molecular complexity index is 620. The lowest BCUT2D eigenvalue weighted by atomic mass is 9.61. The van der Waals surface area contributed by atoms with E-state index in [0.29, 0.717) is 12.0 Å². The molecule has 0 bridgehead atoms. The zero-order valence-electron chi connectivity index (χ0n) is 11.9. The van der Waals surface area contributed by atoms with Crippen molar-refractivity contribution in [3.8, 4) is 6.07 Å². The van der Waals surface area contributed by atoms with Crippen LogP contribution < -0.4 is 0 Å². The number of nitrogens with one attached hydrogen (secondary N) is 1. The van der Waals surface area contributed by atoms with Gasteiger partial charge in [-0.1, -0.05) is 32.9 Å². The number of halogens is 1. The summed E-state index contributed by atoms with van der Waals surface area (Å²) in [6, 6.07) is 8.71. The summed E-state index contributed by atoms with van der Waals surface area (Å²) in [5.41, 5.74) is 0.305. The first kappa shape index (κ1) is 14.3. The second kappa shape index (κ2) is 5.09. The third-order valence-electron chi connectivity index (χ3n) is 3.79. The molecule has 0 aliphatic heterocycles. The van der Waals surface area contributed by atoms with Crippen molar-refractivity contribution in [3.63, 3.8) is 0 Å². The van der Waals surface area contributed by atoms with Crippen molar-refractivity contribution in [2.45, 2.75) is 32.6 Å². The zero-order valence-corrected chi connectivity index (χ0v) is 11.9. The molecule has 1 aromatic carbocycles. The predicted octanol–water partition coefficient (Wildman–Crippen LogP) is 3.60. The van der Waals surface area contributed by atoms with Gasteiger partial charge in [0, 0.05) is 12.6 Å². The van der Waals surface area contributed by atoms with E-state index in [1.54, 1.807) is 18.6 Å². The molecule has 1 aromatic heterocycles. The molecule has 3 nitrogen and oxygen atoms in total. The van der Waals surface area contributed by atoms with Gasteiger partial charge in [0.2, 0.25) is 0 Å². The van der Waals surface area contributed by atoms with Crippen molar-refractivity contribution in [3.05, 3.63) is 53.9 Å². The molecule has 0 spiro atoms. The van der Waals surface area contributed by atoms with Gasteiger partial charge in [0.15, 0.2) is 0 Å². The largest absolute Gasteiger partial charge is 0.351 e. The molecule has 2 aromatic rings. The highest BCUT2D eigenvalue weighted by atomic mass is 19.1. The van der Waals surface area contributed by atoms with Gasteiger partial charge in [0.1, 0.15) is 5.82 Å². The first-order chi connectivity index (χ1) is 9.39. The van der Waals surface area contributed by atoms with Crippen LogP contribution in [-0.2, 0) is 11.8 Å². The Morgan fingerprint density at radius 3 is 2.60 bits per heavy atom. The minimum absolute atomic E-state index is 0.326. The van der Waals surface area contributed by atoms with Gasteiger partial charge in [-0.05, 0) is 23.1 Å². The van der Waals surface area contributed by atoms with E-state index in [2.05, 4.69) is 16.0 Å². The first-order valence-electron chi connectivity index (χ1n) is 6.54. The van der Waals surface area contributed by atoms with E-state index in [1.807, 2.05) is 26.8 Å². The van der Waals surface area contributed by atoms with Crippen LogP contribution in [0.4, 0.5) is 4.39 Å². The maximum atomic E-state index is 13.6. The van der Waals surface area contributed by atoms with Crippen LogP contribution in [0.1, 0.15) is 32.0 Å². The average molecular weight is 271 g/mol. The van der Waals surface area contributed by atoms with E-state index in [1.165, 1.54) is 12.1 Å². The predicted molar refractivity (Wildman–Crippen MR) is 75.4 cm³/mol. The Hall–Kier alpha value is -2.15. The molecule has 1 unspecified atom stereocenters. The van der Waals surface area contributed by atoms with E-state index in [9.17, 15) is 9.65 Å². The van der Waals surface area contributed by atoms with E-state index < -0.39 is 5.41 Å². The average Bonchev–Trinajstić information content (AvgIpc) is 2.87. The Morgan fingerprint density at radius 2 is 2.10 bits per heavy atom. The van der Waals surface area contributed by atoms with Crippen molar-refractivity contribution in [2.75, 3.05) is 0 Å². The lowest BCUT2D eigenvalue weighted by molar-refractivity contribution is 0.241. The Balaban J connectivity index is 2.57. The van der Waals surface area contributed by atoms with Crippen molar-refractivity contribution < 1.29 is 4.39 Å². The molecule has 1 N–H and O–H groups in total. The molecule has 4 heteroatoms. The second-order valence-electron chi connectivity index (χ2n) is 6.01. The van der Waals surface area contributed by atoms with Crippen LogP contribution in [0.5, 0.6) is 0 Å². The summed E-state index contributed by atoms with van der Waals surface area (Å²) in [6.45, 7) is 5.98. The van der Waals surface area contributed by atoms with Crippen LogP contribution in [0, 0.1) is 22.6 Å². The molecule has 0 aliphatic rings. The Kier molecular flexibility index (Phi) is 3.63. The number of hydrogen-bond acceptors (Lipinski definition) is 2. The molecule has 20 heavy (non-hydrogen) atoms. The molecule has 0 amide bonds. The number of benzene rings is 1. The van der Waals surface area contributed by atoms with E-state index in [4.69, 9.17) is 0 Å². The summed E-state index contributed by atoms with van der Waals surface area (Å²) in [5.74, 6) is -0.326. The van der Waals surface area contributed by atoms with Gasteiger partial charge in [-0.15, -0.1) is 0 Å². The van der Waals surface area contributed by atoms with Crippen LogP contribution in [0.15, 0.2) is 36.8 Å². The SMILES string of the molecule is CC(C)(C)C(C#N)(Cc1c[nH]cn1)c1cccc(F)c1. The van der Waals surface area contributed by atoms with Gasteiger partial charge in [0.25, 0.3) is 0 Å². The number of aromatic amines is 1. The zero-order chi connectivity index (χ0) is 14.8. The maximum Gasteiger partial charge on any atom is 0.123 e. The Morgan fingerprint density at radius 1 is 1.35 bits per heavy atom. The smallest absolute Gasteiger partial charge is 0.123 e. The summed E-state index contributed by atoms with van der Waals surface area (Å²) < 4.78 is 13.6. The van der Waals surface area contributed by atoms with Gasteiger partial charge in [-0.3, -0.25) is 0 Å². The van der Waals surface area contributed by atoms with Gasteiger partial charge >= 0.3 is 0 Å². The highest BCUT2D eigenvalue weighted by molar-refractivity contribution is 5.37. The fourth-order valence-electron chi connectivity index (χ4n) is 2.49. The van der Waals surface area contributed by atoms with Crippen LogP contribution in [0.2, 0.25) is 0 Å². The van der Waals surface area contributed by atoms with Crippen molar-refractivity contribution in [1.29, 1.82) is 5.26 Å². The molecule has 1 heterocycles. The fraction of sp³-hybridized carbons (Fsp3) is 0.375. The standard InChI is InChI=1S/C16H18FN3/c1-15(2,3)16(10-18,8-14-9-19-11-20-14)12-5-4-6-13(17)7-12/h4-7,9,11H,8H2,1-3H3,(H,19,20). The molecular weight excluding hydrogens is 253 g/mol. The molecule has 104 valence electrons. The van der Waals surface area contributed by atoms with Crippen LogP contribution in [0.3, 0.4) is 0 Å². The van der Waals surface area contributed by atoms with Gasteiger partial charge < -0.3 is 4.98 Å². The molecule has 0 saturated heterocycles. The quantitative estimate of drug-likeness (QED) is 0.927. The molecule has 1 atom stereocenters. The third kappa shape index (κ3) is 2.44. The van der Waals surface area contributed by atoms with Crippen LogP contribution in [-0.4, -0.2) is 9.97 Å². The summed E-state index contributed by atoms with van der Waals surface area (Å²) >= 11 is 0. The van der Waals surface area contributed by atoms with Gasteiger partial charge in [-0.25, -0.2) is 9.37 Å². The number of H-pyrrole nitrogens is 1. The normalized spacial score (nSPS) is 14.6. The Labute approximate surface area is 118 Å². The maximum absolute atomic E-state index is 13.6. The minimum atomic E-state index is -0.829. The van der Waals surface area contributed by atoms with Crippen LogP contribution >= 0.6 is 0 Å². The van der Waals surface area contributed by atoms with Crippen molar-refractivity contribution in [2.24, 2.45) is 5.41 Å². The molecular formula is C16H18FN3. The molecule has 0 radical (unpaired) electrons. The summed E-state index contributed by atoms with van der Waals surface area (Å²) in [4.78, 5) is 7.11. The minimum Gasteiger partial charge on any atom is -0.351 e. The van der Waals surface area contributed by atoms with Crippen LogP contribution in [0.25, 0.3) is 0 Å². The number of nitriles is 1. The first-order valence-corrected chi connectivity index (χ1v) is 6.54. The van der Waals surface area contributed by atoms with E-state index in [-0.39, 0.29) is 11.2 Å². The van der Waals surface area contributed by atoms with E-state index in [0.717, 1.165) is 5.69 Å². The summed E-state index contributed by atoms with van der Waals surface area (Å²) in [6.07, 6.45) is 3.81. The molecule has 0 aliphatic carbocycles. The lowest BCUT2D eigenvalue weighted by Gasteiger charge is -2.39. The number of hydrogen-bond donors (Lipinski definition) is 1. The highest BCUT2D eigenvalue weighted by Gasteiger charge is 2.44. The number of rotatable bonds is 3. The lowest BCUT2D eigenvalue weighted by Crippen LogP contribution is -2.41. The summed E-state index contributed by atoms with van der Waals surface area (Å²) in [7, 11) is 0. The molecule has 0 saturated carbocycles. The molecule has 2 rings (SSSR count). The van der Waals surface area contributed by atoms with Crippen molar-refractivity contribution >= 4 is 0 Å². The topological polar surface area (TPSA) is 52.5 Å². The van der Waals surface area contributed by atoms with Crippen molar-refractivity contribution in [1.82, 2.24) is 9.97 Å². The van der Waals surface area contributed by atoms with Gasteiger partial charge in [0.05, 0.1) is 23.5 Å². The third-order valence-corrected chi connectivity index (χ3v) is 3.79. The number of aromatic nitrogens is 2. The fourth-order valence-corrected chi connectivity index (χ4v) is 2.49. The van der Waals surface area contributed by atoms with E-state index >= 15 is 0 Å². The summed E-state index contributed by atoms with van der Waals surface area (Å²) in [5, 5.41) is 9.84. The monoisotopic (exact) mass is 271 g/mol. The molecule has 0 fully saturated rings. The number of imidazole rings is 1. The van der Waals surface area contributed by atoms with Gasteiger partial charge in [-0.2, -0.15) is 5.26 Å². The second-order valence-corrected chi connectivity index (χ2v) is 6.01. The number of nitrogens with zero attached hydrogens (tertiary/aromatic N) is 2. The highest BCUT2D eigenvalue weighted by Crippen LogP contribution is 2.43.